The molecule has 3 nitrogen and oxygen atoms in total. The zero-order valence-electron chi connectivity index (χ0n) is 7.79. The lowest BCUT2D eigenvalue weighted by Crippen LogP contribution is -1.81. The zero-order chi connectivity index (χ0) is 10.8. The molecule has 0 bridgehead atoms. The first-order chi connectivity index (χ1) is 7.22. The molecule has 0 unspecified atom stereocenters. The first-order valence-electron chi connectivity index (χ1n) is 4.32. The summed E-state index contributed by atoms with van der Waals surface area (Å²) in [6, 6.07) is 7.29. The fourth-order valence-corrected chi connectivity index (χ4v) is 1.53. The van der Waals surface area contributed by atoms with Crippen LogP contribution in [0, 0.1) is 6.57 Å². The molecule has 0 saturated carbocycles. The third kappa shape index (κ3) is 1.67. The normalized spacial score (nSPS) is 9.87. The molecular formula is C11H8ClN3. The molecule has 0 aliphatic heterocycles. The number of hydrogen-bond donors (Lipinski definition) is 2. The van der Waals surface area contributed by atoms with Crippen molar-refractivity contribution in [1.82, 2.24) is 4.98 Å². The Morgan fingerprint density at radius 1 is 1.27 bits per heavy atom. The highest BCUT2D eigenvalue weighted by Gasteiger charge is 2.10. The van der Waals surface area contributed by atoms with Crippen molar-refractivity contribution in [3.63, 3.8) is 0 Å². The Labute approximate surface area is 92.3 Å². The second-order valence-corrected chi connectivity index (χ2v) is 3.52. The van der Waals surface area contributed by atoms with Gasteiger partial charge in [-0.2, -0.15) is 0 Å². The van der Waals surface area contributed by atoms with E-state index >= 15 is 0 Å². The minimum Gasteiger partial charge on any atom is -0.394 e. The third-order valence-corrected chi connectivity index (χ3v) is 2.40. The molecule has 4 heteroatoms. The van der Waals surface area contributed by atoms with Crippen LogP contribution >= 0.6 is 11.6 Å². The average Bonchev–Trinajstić information content (AvgIpc) is 2.61. The van der Waals surface area contributed by atoms with Gasteiger partial charge in [-0.1, -0.05) is 23.7 Å². The van der Waals surface area contributed by atoms with Crippen LogP contribution in [0.15, 0.2) is 30.5 Å². The predicted molar refractivity (Wildman–Crippen MR) is 61.9 cm³/mol. The molecule has 1 aromatic heterocycles. The highest BCUT2D eigenvalue weighted by Crippen LogP contribution is 2.35. The maximum absolute atomic E-state index is 7.03. The lowest BCUT2D eigenvalue weighted by atomic mass is 10.1. The van der Waals surface area contributed by atoms with E-state index in [-0.39, 0.29) is 0 Å². The number of hydrogen-bond acceptors (Lipinski definition) is 1. The van der Waals surface area contributed by atoms with E-state index in [4.69, 9.17) is 23.9 Å². The average molecular weight is 218 g/mol. The van der Waals surface area contributed by atoms with Crippen molar-refractivity contribution in [1.29, 1.82) is 0 Å². The maximum atomic E-state index is 7.03. The molecule has 15 heavy (non-hydrogen) atoms. The van der Waals surface area contributed by atoms with Crippen LogP contribution in [0.5, 0.6) is 0 Å². The fourth-order valence-electron chi connectivity index (χ4n) is 1.40. The van der Waals surface area contributed by atoms with Crippen LogP contribution in [0.2, 0.25) is 5.02 Å². The molecule has 0 atom stereocenters. The van der Waals surface area contributed by atoms with Crippen LogP contribution in [0.1, 0.15) is 0 Å². The van der Waals surface area contributed by atoms with Gasteiger partial charge < -0.3 is 10.7 Å². The van der Waals surface area contributed by atoms with Crippen molar-refractivity contribution in [2.45, 2.75) is 0 Å². The Morgan fingerprint density at radius 2 is 1.93 bits per heavy atom. The van der Waals surface area contributed by atoms with Crippen LogP contribution in [0.4, 0.5) is 11.5 Å². The van der Waals surface area contributed by atoms with Crippen molar-refractivity contribution < 1.29 is 0 Å². The molecule has 2 rings (SSSR count). The largest absolute Gasteiger partial charge is 0.394 e. The molecule has 0 saturated heterocycles. The van der Waals surface area contributed by atoms with Crippen LogP contribution in [0.25, 0.3) is 16.0 Å². The van der Waals surface area contributed by atoms with Crippen LogP contribution in [0.3, 0.4) is 0 Å². The van der Waals surface area contributed by atoms with Crippen molar-refractivity contribution >= 4 is 23.1 Å². The lowest BCUT2D eigenvalue weighted by Gasteiger charge is -1.98. The number of aromatic amines is 1. The molecule has 74 valence electrons. The number of benzene rings is 1. The Morgan fingerprint density at radius 3 is 2.53 bits per heavy atom. The van der Waals surface area contributed by atoms with Crippen LogP contribution in [-0.4, -0.2) is 4.98 Å². The summed E-state index contributed by atoms with van der Waals surface area (Å²) in [5.74, 6) is 0.398. The van der Waals surface area contributed by atoms with Gasteiger partial charge in [0.25, 0.3) is 0 Å². The minimum atomic E-state index is 0.398. The van der Waals surface area contributed by atoms with Crippen molar-refractivity contribution in [2.75, 3.05) is 5.73 Å². The smallest absolute Gasteiger partial charge is 0.234 e. The molecule has 0 aliphatic carbocycles. The molecule has 0 spiro atoms. The van der Waals surface area contributed by atoms with Crippen molar-refractivity contribution in [3.05, 3.63) is 46.9 Å². The number of anilines is 1. The Hall–Kier alpha value is -1.92. The minimum absolute atomic E-state index is 0.398. The maximum Gasteiger partial charge on any atom is 0.234 e. The van der Waals surface area contributed by atoms with E-state index in [1.165, 1.54) is 0 Å². The van der Waals surface area contributed by atoms with E-state index in [0.717, 1.165) is 11.1 Å². The Kier molecular flexibility index (Phi) is 2.36. The predicted octanol–water partition coefficient (Wildman–Crippen LogP) is 3.47. The summed E-state index contributed by atoms with van der Waals surface area (Å²) in [6.07, 6.45) is 1.73. The molecule has 0 amide bonds. The fraction of sp³-hybridized carbons (Fsp3) is 0. The quantitative estimate of drug-likeness (QED) is 0.706. The molecular weight excluding hydrogens is 210 g/mol. The van der Waals surface area contributed by atoms with Gasteiger partial charge in [0.15, 0.2) is 0 Å². The number of nitrogens with zero attached hydrogens (tertiary/aromatic N) is 1. The number of nitrogens with one attached hydrogen (secondary N) is 1. The van der Waals surface area contributed by atoms with Crippen LogP contribution < -0.4 is 5.73 Å². The van der Waals surface area contributed by atoms with E-state index in [9.17, 15) is 0 Å². The summed E-state index contributed by atoms with van der Waals surface area (Å²) in [6.45, 7) is 7.03. The molecule has 0 radical (unpaired) electrons. The van der Waals surface area contributed by atoms with Gasteiger partial charge in [0.05, 0.1) is 6.57 Å². The first kappa shape index (κ1) is 9.63. The summed E-state index contributed by atoms with van der Waals surface area (Å²) in [5.41, 5.74) is 7.81. The SMILES string of the molecule is [C-]#[N+]c1c(-c2ccc(Cl)cc2)c[nH]c1N. The summed E-state index contributed by atoms with van der Waals surface area (Å²) in [4.78, 5) is 6.22. The third-order valence-electron chi connectivity index (χ3n) is 2.15. The van der Waals surface area contributed by atoms with Gasteiger partial charge in [0, 0.05) is 10.6 Å². The first-order valence-corrected chi connectivity index (χ1v) is 4.70. The summed E-state index contributed by atoms with van der Waals surface area (Å²) >= 11 is 5.79. The zero-order valence-corrected chi connectivity index (χ0v) is 8.55. The van der Waals surface area contributed by atoms with Gasteiger partial charge in [-0.05, 0) is 23.9 Å². The van der Waals surface area contributed by atoms with Gasteiger partial charge in [-0.25, -0.2) is 4.85 Å². The summed E-state index contributed by atoms with van der Waals surface area (Å²) in [5, 5.41) is 0.673. The molecule has 0 fully saturated rings. The highest BCUT2D eigenvalue weighted by molar-refractivity contribution is 6.30. The second-order valence-electron chi connectivity index (χ2n) is 3.08. The van der Waals surface area contributed by atoms with E-state index in [2.05, 4.69) is 9.83 Å². The Bertz CT molecular complexity index is 520. The lowest BCUT2D eigenvalue weighted by molar-refractivity contribution is 1.42. The standard InChI is InChI=1S/C11H8ClN3/c1-14-10-9(6-15-11(10)13)7-2-4-8(12)5-3-7/h2-6,15H,13H2. The number of H-pyrrole nitrogens is 1. The van der Waals surface area contributed by atoms with E-state index in [1.807, 2.05) is 12.1 Å². The van der Waals surface area contributed by atoms with Crippen molar-refractivity contribution in [3.8, 4) is 11.1 Å². The van der Waals surface area contributed by atoms with E-state index in [1.54, 1.807) is 18.3 Å². The molecule has 0 aliphatic rings. The molecule has 1 aromatic carbocycles. The monoisotopic (exact) mass is 217 g/mol. The highest BCUT2D eigenvalue weighted by atomic mass is 35.5. The molecule has 2 aromatic rings. The number of rotatable bonds is 1. The van der Waals surface area contributed by atoms with Crippen molar-refractivity contribution in [2.24, 2.45) is 0 Å². The molecule has 3 N–H and O–H groups in total. The van der Waals surface area contributed by atoms with Gasteiger partial charge in [-0.15, -0.1) is 0 Å². The van der Waals surface area contributed by atoms with Gasteiger partial charge >= 0.3 is 0 Å². The van der Waals surface area contributed by atoms with E-state index < -0.39 is 0 Å². The summed E-state index contributed by atoms with van der Waals surface area (Å²) < 4.78 is 0. The van der Waals surface area contributed by atoms with Gasteiger partial charge in [0.1, 0.15) is 5.82 Å². The second kappa shape index (κ2) is 3.68. The number of nitrogens with two attached hydrogens (primary N) is 1. The molecule has 1 heterocycles. The summed E-state index contributed by atoms with van der Waals surface area (Å²) in [7, 11) is 0. The van der Waals surface area contributed by atoms with Gasteiger partial charge in [0.2, 0.25) is 5.69 Å². The van der Waals surface area contributed by atoms with Crippen LogP contribution in [-0.2, 0) is 0 Å². The number of nitrogen functional groups attached to an aromatic ring is 1. The Balaban J connectivity index is 2.55. The topological polar surface area (TPSA) is 46.2 Å². The number of halogens is 1. The number of aromatic nitrogens is 1. The van der Waals surface area contributed by atoms with E-state index in [0.29, 0.717) is 16.5 Å². The van der Waals surface area contributed by atoms with Gasteiger partial charge in [-0.3, -0.25) is 0 Å².